The zero-order valence-corrected chi connectivity index (χ0v) is 22.3. The molecule has 0 aliphatic rings. The van der Waals surface area contributed by atoms with Crippen LogP contribution in [0.25, 0.3) is 0 Å². The molecule has 0 bridgehead atoms. The molecular weight excluding hydrogens is 452 g/mol. The summed E-state index contributed by atoms with van der Waals surface area (Å²) in [6.45, 7) is 16.6. The zero-order valence-electron chi connectivity index (χ0n) is 21.3. The molecule has 10 nitrogen and oxygen atoms in total. The second-order valence-electron chi connectivity index (χ2n) is 7.85. The van der Waals surface area contributed by atoms with Crippen molar-refractivity contribution >= 4 is 8.32 Å². The minimum Gasteiger partial charge on any atom is -0.415 e. The van der Waals surface area contributed by atoms with Gasteiger partial charge in [0.15, 0.2) is 8.32 Å². The predicted molar refractivity (Wildman–Crippen MR) is 128 cm³/mol. The maximum atomic E-state index is 5.70. The first kappa shape index (κ1) is 32.8. The molecule has 11 heteroatoms. The van der Waals surface area contributed by atoms with Crippen molar-refractivity contribution in [3.63, 3.8) is 0 Å². The van der Waals surface area contributed by atoms with Gasteiger partial charge in [-0.3, -0.25) is 0 Å². The Bertz CT molecular complexity index is 372. The second kappa shape index (κ2) is 26.4. The van der Waals surface area contributed by atoms with Crippen LogP contribution in [-0.4, -0.2) is 134 Å². The van der Waals surface area contributed by atoms with Crippen LogP contribution in [0.5, 0.6) is 0 Å². The second-order valence-corrected chi connectivity index (χ2v) is 12.4. The molecule has 33 heavy (non-hydrogen) atoms. The van der Waals surface area contributed by atoms with E-state index >= 15 is 0 Å². The number of hydrogen-bond donors (Lipinski definition) is 0. The van der Waals surface area contributed by atoms with E-state index in [2.05, 4.69) is 19.6 Å². The van der Waals surface area contributed by atoms with Gasteiger partial charge >= 0.3 is 0 Å². The molecule has 0 saturated heterocycles. The minimum atomic E-state index is -1.44. The highest BCUT2D eigenvalue weighted by Crippen LogP contribution is 2.01. The molecular formula is C22H48O10Si. The van der Waals surface area contributed by atoms with Crippen molar-refractivity contribution in [2.24, 2.45) is 0 Å². The van der Waals surface area contributed by atoms with Crippen LogP contribution in [0.4, 0.5) is 0 Å². The van der Waals surface area contributed by atoms with Gasteiger partial charge in [-0.15, -0.1) is 0 Å². The molecule has 0 aromatic heterocycles. The van der Waals surface area contributed by atoms with Gasteiger partial charge in [-0.2, -0.15) is 0 Å². The molecule has 200 valence electrons. The summed E-state index contributed by atoms with van der Waals surface area (Å²) in [4.78, 5) is 0. The first-order valence-corrected chi connectivity index (χ1v) is 15.2. The van der Waals surface area contributed by atoms with Crippen LogP contribution in [-0.2, 0) is 47.1 Å². The first-order valence-electron chi connectivity index (χ1n) is 11.8. The van der Waals surface area contributed by atoms with Crippen molar-refractivity contribution in [3.8, 4) is 0 Å². The van der Waals surface area contributed by atoms with Crippen LogP contribution in [0.2, 0.25) is 19.6 Å². The van der Waals surface area contributed by atoms with E-state index in [1.54, 1.807) is 7.11 Å². The van der Waals surface area contributed by atoms with E-state index in [9.17, 15) is 0 Å². The highest BCUT2D eigenvalue weighted by atomic mass is 28.4. The lowest BCUT2D eigenvalue weighted by Gasteiger charge is -2.16. The Labute approximate surface area is 201 Å². The molecule has 0 N–H and O–H groups in total. The predicted octanol–water partition coefficient (Wildman–Crippen LogP) is 1.62. The van der Waals surface area contributed by atoms with E-state index in [0.717, 1.165) is 0 Å². The summed E-state index contributed by atoms with van der Waals surface area (Å²) in [6, 6.07) is 0. The fraction of sp³-hybridized carbons (Fsp3) is 1.00. The summed E-state index contributed by atoms with van der Waals surface area (Å²) in [7, 11) is 0.211. The molecule has 0 fully saturated rings. The number of methoxy groups -OCH3 is 1. The fourth-order valence-electron chi connectivity index (χ4n) is 2.19. The number of rotatable bonds is 28. The topological polar surface area (TPSA) is 92.3 Å². The van der Waals surface area contributed by atoms with Crippen LogP contribution in [0, 0.1) is 0 Å². The van der Waals surface area contributed by atoms with Gasteiger partial charge in [-0.25, -0.2) is 0 Å². The Morgan fingerprint density at radius 3 is 0.758 bits per heavy atom. The summed E-state index contributed by atoms with van der Waals surface area (Å²) < 4.78 is 53.9. The average Bonchev–Trinajstić information content (AvgIpc) is 2.78. The molecule has 0 aromatic carbocycles. The smallest absolute Gasteiger partial charge is 0.183 e. The van der Waals surface area contributed by atoms with Gasteiger partial charge in [0.25, 0.3) is 0 Å². The quantitative estimate of drug-likeness (QED) is 0.117. The maximum Gasteiger partial charge on any atom is 0.183 e. The van der Waals surface area contributed by atoms with Gasteiger partial charge < -0.3 is 47.1 Å². The number of ether oxygens (including phenoxy) is 9. The molecule has 0 atom stereocenters. The molecule has 0 unspecified atom stereocenters. The highest BCUT2D eigenvalue weighted by molar-refractivity contribution is 6.69. The van der Waals surface area contributed by atoms with Crippen molar-refractivity contribution < 1.29 is 47.1 Å². The van der Waals surface area contributed by atoms with Gasteiger partial charge in [0.05, 0.1) is 119 Å². The Morgan fingerprint density at radius 1 is 0.333 bits per heavy atom. The van der Waals surface area contributed by atoms with Crippen LogP contribution < -0.4 is 0 Å². The van der Waals surface area contributed by atoms with Crippen molar-refractivity contribution in [2.75, 3.05) is 126 Å². The molecule has 0 spiro atoms. The normalized spacial score (nSPS) is 12.0. The van der Waals surface area contributed by atoms with Gasteiger partial charge in [0, 0.05) is 7.11 Å². The van der Waals surface area contributed by atoms with Gasteiger partial charge in [-0.1, -0.05) is 0 Å². The van der Waals surface area contributed by atoms with Crippen molar-refractivity contribution in [3.05, 3.63) is 0 Å². The summed E-state index contributed by atoms with van der Waals surface area (Å²) in [5.74, 6) is 0. The average molecular weight is 501 g/mol. The van der Waals surface area contributed by atoms with Crippen LogP contribution in [0.3, 0.4) is 0 Å². The fourth-order valence-corrected chi connectivity index (χ4v) is 2.89. The molecule has 0 heterocycles. The van der Waals surface area contributed by atoms with E-state index in [0.29, 0.717) is 119 Å². The SMILES string of the molecule is COCCOCCOCCOCCOCCOCCOCCOCCOCCO[Si](C)(C)C. The summed E-state index contributed by atoms with van der Waals surface area (Å²) in [5, 5.41) is 0. The summed E-state index contributed by atoms with van der Waals surface area (Å²) in [5.41, 5.74) is 0. The van der Waals surface area contributed by atoms with Gasteiger partial charge in [0.2, 0.25) is 0 Å². The lowest BCUT2D eigenvalue weighted by atomic mass is 10.6. The van der Waals surface area contributed by atoms with Gasteiger partial charge in [0.1, 0.15) is 0 Å². The Hall–Kier alpha value is -0.183. The van der Waals surface area contributed by atoms with Gasteiger partial charge in [-0.05, 0) is 19.6 Å². The van der Waals surface area contributed by atoms with Crippen molar-refractivity contribution in [1.82, 2.24) is 0 Å². The Morgan fingerprint density at radius 2 is 0.545 bits per heavy atom. The summed E-state index contributed by atoms with van der Waals surface area (Å²) >= 11 is 0. The Balaban J connectivity index is 3.03. The molecule has 0 rings (SSSR count). The molecule has 0 amide bonds. The van der Waals surface area contributed by atoms with Crippen LogP contribution >= 0.6 is 0 Å². The lowest BCUT2D eigenvalue weighted by molar-refractivity contribution is -0.0247. The zero-order chi connectivity index (χ0) is 24.3. The third-order valence-electron chi connectivity index (χ3n) is 3.80. The minimum absolute atomic E-state index is 0.533. The monoisotopic (exact) mass is 500 g/mol. The van der Waals surface area contributed by atoms with E-state index < -0.39 is 8.32 Å². The van der Waals surface area contributed by atoms with E-state index in [1.807, 2.05) is 0 Å². The largest absolute Gasteiger partial charge is 0.415 e. The van der Waals surface area contributed by atoms with Crippen molar-refractivity contribution in [2.45, 2.75) is 19.6 Å². The lowest BCUT2D eigenvalue weighted by Crippen LogP contribution is -2.27. The first-order chi connectivity index (χ1) is 16.1. The van der Waals surface area contributed by atoms with Crippen LogP contribution in [0.1, 0.15) is 0 Å². The van der Waals surface area contributed by atoms with Crippen LogP contribution in [0.15, 0.2) is 0 Å². The highest BCUT2D eigenvalue weighted by Gasteiger charge is 2.12. The van der Waals surface area contributed by atoms with Crippen molar-refractivity contribution in [1.29, 1.82) is 0 Å². The molecule has 0 saturated carbocycles. The van der Waals surface area contributed by atoms with E-state index in [4.69, 9.17) is 47.1 Å². The molecule has 0 radical (unpaired) electrons. The maximum absolute atomic E-state index is 5.70. The molecule has 0 aromatic rings. The molecule has 0 aliphatic carbocycles. The standard InChI is InChI=1S/C22H48O10Si/c1-23-5-6-24-7-8-25-9-10-26-11-12-27-13-14-28-15-16-29-17-18-30-19-20-31-21-22-32-33(2,3)4/h5-22H2,1-4H3. The Kier molecular flexibility index (Phi) is 26.3. The molecule has 0 aliphatic heterocycles. The summed E-state index contributed by atoms with van der Waals surface area (Å²) in [6.07, 6.45) is 0. The number of hydrogen-bond acceptors (Lipinski definition) is 10. The van der Waals surface area contributed by atoms with E-state index in [-0.39, 0.29) is 0 Å². The third kappa shape index (κ3) is 31.8. The third-order valence-corrected chi connectivity index (χ3v) is 4.87. The van der Waals surface area contributed by atoms with E-state index in [1.165, 1.54) is 0 Å².